The van der Waals surface area contributed by atoms with Gasteiger partial charge in [-0.05, 0) is 19.2 Å². The molecule has 0 unspecified atom stereocenters. The molecular weight excluding hydrogens is 174 g/mol. The summed E-state index contributed by atoms with van der Waals surface area (Å²) in [4.78, 5) is 8.01. The average molecular weight is 195 g/mol. The van der Waals surface area contributed by atoms with Crippen LogP contribution in [0.1, 0.15) is 33.5 Å². The maximum absolute atomic E-state index is 4.07. The van der Waals surface area contributed by atoms with Crippen molar-refractivity contribution in [2.75, 3.05) is 5.32 Å². The third-order valence-electron chi connectivity index (χ3n) is 1.03. The van der Waals surface area contributed by atoms with Crippen LogP contribution in [0.4, 0.5) is 5.82 Å². The number of hydrogen-bond donors (Lipinski definition) is 1. The lowest BCUT2D eigenvalue weighted by Crippen LogP contribution is -1.93. The average Bonchev–Trinajstić information content (AvgIpc) is 2.24. The normalized spacial score (nSPS) is 7.21. The van der Waals surface area contributed by atoms with Gasteiger partial charge in [-0.2, -0.15) is 0 Å². The maximum Gasteiger partial charge on any atom is 0.133 e. The highest BCUT2D eigenvalue weighted by Gasteiger charge is 1.88. The van der Waals surface area contributed by atoms with Gasteiger partial charge in [0.15, 0.2) is 0 Å². The zero-order chi connectivity index (χ0) is 11.4. The van der Waals surface area contributed by atoms with E-state index in [0.717, 1.165) is 11.6 Å². The minimum atomic E-state index is 0.756. The molecule has 3 heteroatoms. The highest BCUT2D eigenvalue weighted by Crippen LogP contribution is 1.99. The Balaban J connectivity index is 0. The molecule has 0 aliphatic heterocycles. The zero-order valence-corrected chi connectivity index (χ0v) is 9.83. The summed E-state index contributed by atoms with van der Waals surface area (Å²) in [5, 5.41) is 2.86. The molecule has 0 fully saturated rings. The predicted molar refractivity (Wildman–Crippen MR) is 63.3 cm³/mol. The molecule has 0 atom stereocenters. The largest absolute Gasteiger partial charge is 0.347 e. The lowest BCUT2D eigenvalue weighted by molar-refractivity contribution is 1.06. The van der Waals surface area contributed by atoms with E-state index < -0.39 is 0 Å². The van der Waals surface area contributed by atoms with Crippen LogP contribution in [-0.4, -0.2) is 9.97 Å². The third-order valence-corrected chi connectivity index (χ3v) is 1.03. The molecular formula is C11H21N3. The molecule has 0 bridgehead atoms. The van der Waals surface area contributed by atoms with Crippen LogP contribution in [0.15, 0.2) is 25.0 Å². The second-order valence-corrected chi connectivity index (χ2v) is 1.84. The lowest BCUT2D eigenvalue weighted by Gasteiger charge is -1.97. The number of aromatic nitrogens is 2. The van der Waals surface area contributed by atoms with Crippen molar-refractivity contribution in [3.8, 4) is 0 Å². The van der Waals surface area contributed by atoms with Gasteiger partial charge in [0.25, 0.3) is 0 Å². The quantitative estimate of drug-likeness (QED) is 0.786. The smallest absolute Gasteiger partial charge is 0.133 e. The molecule has 1 heterocycles. The summed E-state index contributed by atoms with van der Waals surface area (Å²) in [6.07, 6.45) is 3.29. The van der Waals surface area contributed by atoms with Crippen molar-refractivity contribution in [3.05, 3.63) is 30.9 Å². The maximum atomic E-state index is 4.07. The van der Waals surface area contributed by atoms with Gasteiger partial charge in [0.2, 0.25) is 0 Å². The molecule has 0 radical (unpaired) electrons. The Hall–Kier alpha value is -1.38. The Kier molecular flexibility index (Phi) is 12.5. The number of hydrogen-bond acceptors (Lipinski definition) is 3. The molecule has 3 nitrogen and oxygen atoms in total. The van der Waals surface area contributed by atoms with E-state index >= 15 is 0 Å². The van der Waals surface area contributed by atoms with E-state index in [0.29, 0.717) is 0 Å². The Morgan fingerprint density at radius 2 is 1.86 bits per heavy atom. The zero-order valence-electron chi connectivity index (χ0n) is 9.83. The second kappa shape index (κ2) is 11.6. The molecule has 1 aromatic rings. The van der Waals surface area contributed by atoms with Crippen LogP contribution in [0.2, 0.25) is 0 Å². The molecule has 0 amide bonds. The topological polar surface area (TPSA) is 37.8 Å². The van der Waals surface area contributed by atoms with Crippen molar-refractivity contribution < 1.29 is 0 Å². The van der Waals surface area contributed by atoms with E-state index in [1.54, 1.807) is 18.5 Å². The molecule has 0 saturated carbocycles. The van der Waals surface area contributed by atoms with Gasteiger partial charge in [-0.15, -0.1) is 0 Å². The molecule has 0 spiro atoms. The molecule has 1 N–H and O–H groups in total. The summed E-state index contributed by atoms with van der Waals surface area (Å²) in [7, 11) is 0. The summed E-state index contributed by atoms with van der Waals surface area (Å²) in [5.41, 5.74) is 0. The van der Waals surface area contributed by atoms with Gasteiger partial charge in [-0.3, -0.25) is 0 Å². The van der Waals surface area contributed by atoms with Gasteiger partial charge >= 0.3 is 0 Å². The Morgan fingerprint density at radius 3 is 2.29 bits per heavy atom. The fourth-order valence-corrected chi connectivity index (χ4v) is 0.641. The molecule has 1 rings (SSSR count). The lowest BCUT2D eigenvalue weighted by atomic mass is 10.5. The van der Waals surface area contributed by atoms with Gasteiger partial charge in [-0.25, -0.2) is 9.97 Å². The standard InChI is InChI=1S/C7H9N3.2C2H6/c1-3-8-7-4-5-9-6(2)10-7;2*1-2/h3-5H,1H2,2H3,(H,8,9,10);2*1-2H3. The Labute approximate surface area is 87.3 Å². The predicted octanol–water partition coefficient (Wildman–Crippen LogP) is 3.39. The van der Waals surface area contributed by atoms with Crippen molar-refractivity contribution in [3.63, 3.8) is 0 Å². The fraction of sp³-hybridized carbons (Fsp3) is 0.455. The van der Waals surface area contributed by atoms with Gasteiger partial charge in [0.1, 0.15) is 11.6 Å². The van der Waals surface area contributed by atoms with Crippen molar-refractivity contribution in [1.29, 1.82) is 0 Å². The fourth-order valence-electron chi connectivity index (χ4n) is 0.641. The van der Waals surface area contributed by atoms with Crippen LogP contribution >= 0.6 is 0 Å². The first-order valence-electron chi connectivity index (χ1n) is 5.00. The van der Waals surface area contributed by atoms with E-state index in [4.69, 9.17) is 0 Å². The summed E-state index contributed by atoms with van der Waals surface area (Å²) in [5.74, 6) is 1.54. The molecule has 0 aromatic carbocycles. The third kappa shape index (κ3) is 7.28. The monoisotopic (exact) mass is 195 g/mol. The molecule has 1 aromatic heterocycles. The van der Waals surface area contributed by atoms with Crippen LogP contribution in [0.25, 0.3) is 0 Å². The van der Waals surface area contributed by atoms with E-state index in [1.807, 2.05) is 34.6 Å². The number of nitrogens with zero attached hydrogens (tertiary/aromatic N) is 2. The minimum absolute atomic E-state index is 0.756. The first-order valence-corrected chi connectivity index (χ1v) is 5.00. The second-order valence-electron chi connectivity index (χ2n) is 1.84. The van der Waals surface area contributed by atoms with Crippen molar-refractivity contribution in [2.45, 2.75) is 34.6 Å². The highest BCUT2D eigenvalue weighted by atomic mass is 15.0. The molecule has 80 valence electrons. The summed E-state index contributed by atoms with van der Waals surface area (Å²) >= 11 is 0. The number of aryl methyl sites for hydroxylation is 1. The van der Waals surface area contributed by atoms with E-state index in [-0.39, 0.29) is 0 Å². The Morgan fingerprint density at radius 1 is 1.29 bits per heavy atom. The van der Waals surface area contributed by atoms with Gasteiger partial charge in [0, 0.05) is 6.20 Å². The molecule has 0 aliphatic carbocycles. The van der Waals surface area contributed by atoms with Gasteiger partial charge in [-0.1, -0.05) is 34.3 Å². The van der Waals surface area contributed by atoms with Crippen LogP contribution in [0.5, 0.6) is 0 Å². The van der Waals surface area contributed by atoms with Crippen LogP contribution in [-0.2, 0) is 0 Å². The first kappa shape index (κ1) is 15.1. The van der Waals surface area contributed by atoms with Crippen LogP contribution < -0.4 is 5.32 Å². The van der Waals surface area contributed by atoms with Crippen LogP contribution in [0, 0.1) is 6.92 Å². The highest BCUT2D eigenvalue weighted by molar-refractivity contribution is 5.35. The van der Waals surface area contributed by atoms with E-state index in [9.17, 15) is 0 Å². The summed E-state index contributed by atoms with van der Waals surface area (Å²) < 4.78 is 0. The molecule has 14 heavy (non-hydrogen) atoms. The first-order chi connectivity index (χ1) is 6.83. The van der Waals surface area contributed by atoms with E-state index in [1.165, 1.54) is 0 Å². The number of anilines is 1. The number of nitrogens with one attached hydrogen (secondary N) is 1. The summed E-state index contributed by atoms with van der Waals surface area (Å²) in [6.45, 7) is 13.4. The van der Waals surface area contributed by atoms with Crippen LogP contribution in [0.3, 0.4) is 0 Å². The van der Waals surface area contributed by atoms with Crippen molar-refractivity contribution in [1.82, 2.24) is 9.97 Å². The summed E-state index contributed by atoms with van der Waals surface area (Å²) in [6, 6.07) is 1.79. The Bertz CT molecular complexity index is 234. The van der Waals surface area contributed by atoms with Gasteiger partial charge < -0.3 is 5.32 Å². The van der Waals surface area contributed by atoms with Crippen molar-refractivity contribution in [2.24, 2.45) is 0 Å². The van der Waals surface area contributed by atoms with E-state index in [2.05, 4.69) is 21.9 Å². The number of rotatable bonds is 2. The van der Waals surface area contributed by atoms with Crippen molar-refractivity contribution >= 4 is 5.82 Å². The SMILES string of the molecule is C=CNc1ccnc(C)n1.CC.CC. The molecule has 0 saturated heterocycles. The van der Waals surface area contributed by atoms with Gasteiger partial charge in [0.05, 0.1) is 0 Å². The molecule has 0 aliphatic rings. The minimum Gasteiger partial charge on any atom is -0.347 e.